The monoisotopic (exact) mass is 282 g/mol. The van der Waals surface area contributed by atoms with E-state index in [4.69, 9.17) is 16.8 Å². The quantitative estimate of drug-likeness (QED) is 0.374. The van der Waals surface area contributed by atoms with E-state index in [0.29, 0.717) is 10.7 Å². The second-order valence-corrected chi connectivity index (χ2v) is 3.65. The van der Waals surface area contributed by atoms with Crippen molar-refractivity contribution in [2.45, 2.75) is 6.92 Å². The third-order valence-corrected chi connectivity index (χ3v) is 1.97. The van der Waals surface area contributed by atoms with E-state index >= 15 is 0 Å². The van der Waals surface area contributed by atoms with Crippen LogP contribution in [0.4, 0.5) is 5.69 Å². The van der Waals surface area contributed by atoms with Crippen LogP contribution in [0.25, 0.3) is 0 Å². The van der Waals surface area contributed by atoms with E-state index in [-0.39, 0.29) is 5.71 Å². The molecule has 7 nitrogen and oxygen atoms in total. The van der Waals surface area contributed by atoms with Crippen molar-refractivity contribution in [1.82, 2.24) is 0 Å². The van der Waals surface area contributed by atoms with Gasteiger partial charge in [0.2, 0.25) is 0 Å². The van der Waals surface area contributed by atoms with Crippen molar-refractivity contribution in [1.29, 1.82) is 0 Å². The fraction of sp³-hybridized carbons (Fsp3) is 0.0909. The van der Waals surface area contributed by atoms with Crippen molar-refractivity contribution in [3.05, 3.63) is 29.3 Å². The normalized spacial score (nSPS) is 12.0. The molecule has 1 aromatic carbocycles. The Bertz CT molecular complexity index is 511. The van der Waals surface area contributed by atoms with E-state index in [1.54, 1.807) is 24.3 Å². The maximum absolute atomic E-state index is 10.5. The summed E-state index contributed by atoms with van der Waals surface area (Å²) in [7, 11) is 0. The number of rotatable bonds is 5. The maximum Gasteiger partial charge on any atom is 0.331 e. The molecule has 0 radical (unpaired) electrons. The summed E-state index contributed by atoms with van der Waals surface area (Å²) >= 11 is 5.73. The van der Waals surface area contributed by atoms with Crippen molar-refractivity contribution in [3.8, 4) is 0 Å². The van der Waals surface area contributed by atoms with Gasteiger partial charge in [0.1, 0.15) is 5.71 Å². The Morgan fingerprint density at radius 1 is 1.37 bits per heavy atom. The molecule has 19 heavy (non-hydrogen) atoms. The molecule has 0 aliphatic rings. The van der Waals surface area contributed by atoms with Crippen LogP contribution >= 0.6 is 11.6 Å². The number of carbonyl (C=O) groups excluding carboxylic acids is 1. The standard InChI is InChI=1S/C11H11ClN4O3/c1-8(17)19-14-7-11(6-13-18)16-15-10-4-2-9(12)3-5-10/h2-7,15,18H,1H3/b13-6+,14-7+,16-11+. The molecule has 0 aliphatic heterocycles. The summed E-state index contributed by atoms with van der Waals surface area (Å²) in [6.07, 6.45) is 2.14. The van der Waals surface area contributed by atoms with Crippen molar-refractivity contribution in [2.75, 3.05) is 5.43 Å². The summed E-state index contributed by atoms with van der Waals surface area (Å²) < 4.78 is 0. The molecular weight excluding hydrogens is 272 g/mol. The molecule has 1 aromatic rings. The van der Waals surface area contributed by atoms with Gasteiger partial charge in [0.15, 0.2) is 0 Å². The van der Waals surface area contributed by atoms with E-state index in [0.717, 1.165) is 12.4 Å². The third-order valence-electron chi connectivity index (χ3n) is 1.71. The molecule has 100 valence electrons. The highest BCUT2D eigenvalue weighted by molar-refractivity contribution is 6.55. The Kier molecular flexibility index (Phi) is 6.04. The van der Waals surface area contributed by atoms with E-state index < -0.39 is 5.97 Å². The van der Waals surface area contributed by atoms with Gasteiger partial charge in [0, 0.05) is 11.9 Å². The average Bonchev–Trinajstić information content (AvgIpc) is 2.37. The van der Waals surface area contributed by atoms with E-state index in [9.17, 15) is 4.79 Å². The zero-order chi connectivity index (χ0) is 14.1. The summed E-state index contributed by atoms with van der Waals surface area (Å²) in [5, 5.41) is 19.1. The van der Waals surface area contributed by atoms with Gasteiger partial charge in [-0.3, -0.25) is 5.43 Å². The Balaban J connectivity index is 2.70. The third kappa shape index (κ3) is 6.18. The Labute approximate surface area is 114 Å². The lowest BCUT2D eigenvalue weighted by Crippen LogP contribution is -2.06. The number of carbonyl (C=O) groups is 1. The predicted molar refractivity (Wildman–Crippen MR) is 73.0 cm³/mol. The number of anilines is 1. The summed E-state index contributed by atoms with van der Waals surface area (Å²) in [4.78, 5) is 14.9. The summed E-state index contributed by atoms with van der Waals surface area (Å²) in [5.74, 6) is -0.567. The van der Waals surface area contributed by atoms with Crippen LogP contribution in [0.5, 0.6) is 0 Å². The minimum absolute atomic E-state index is 0.152. The average molecular weight is 283 g/mol. The van der Waals surface area contributed by atoms with Gasteiger partial charge in [-0.25, -0.2) is 4.79 Å². The first-order valence-electron chi connectivity index (χ1n) is 5.09. The largest absolute Gasteiger partial charge is 0.411 e. The summed E-state index contributed by atoms with van der Waals surface area (Å²) in [6.45, 7) is 1.21. The van der Waals surface area contributed by atoms with Crippen LogP contribution in [0.3, 0.4) is 0 Å². The first kappa shape index (κ1) is 14.7. The number of nitrogens with zero attached hydrogens (tertiary/aromatic N) is 3. The van der Waals surface area contributed by atoms with Crippen molar-refractivity contribution in [2.24, 2.45) is 15.4 Å². The molecule has 0 bridgehead atoms. The van der Waals surface area contributed by atoms with Crippen LogP contribution in [0.15, 0.2) is 39.7 Å². The number of nitrogens with one attached hydrogen (secondary N) is 1. The topological polar surface area (TPSA) is 95.6 Å². The highest BCUT2D eigenvalue weighted by Crippen LogP contribution is 2.13. The molecule has 2 N–H and O–H groups in total. The molecule has 8 heteroatoms. The second-order valence-electron chi connectivity index (χ2n) is 3.22. The van der Waals surface area contributed by atoms with Crippen LogP contribution in [0, 0.1) is 0 Å². The predicted octanol–water partition coefficient (Wildman–Crippen LogP) is 2.12. The molecular formula is C11H11ClN4O3. The zero-order valence-corrected chi connectivity index (χ0v) is 10.7. The van der Waals surface area contributed by atoms with Crippen molar-refractivity contribution in [3.63, 3.8) is 0 Å². The number of hydrazone groups is 1. The van der Waals surface area contributed by atoms with Crippen LogP contribution in [-0.2, 0) is 9.63 Å². The first-order valence-corrected chi connectivity index (χ1v) is 5.47. The van der Waals surface area contributed by atoms with Crippen LogP contribution in [0.1, 0.15) is 6.92 Å². The second kappa shape index (κ2) is 7.83. The molecule has 0 atom stereocenters. The van der Waals surface area contributed by atoms with Gasteiger partial charge in [-0.2, -0.15) is 5.10 Å². The van der Waals surface area contributed by atoms with Crippen molar-refractivity contribution < 1.29 is 14.8 Å². The van der Waals surface area contributed by atoms with Crippen LogP contribution < -0.4 is 5.43 Å². The Hall–Kier alpha value is -2.41. The molecule has 0 aliphatic carbocycles. The summed E-state index contributed by atoms with van der Waals surface area (Å²) in [5.41, 5.74) is 3.52. The van der Waals surface area contributed by atoms with Gasteiger partial charge in [0.25, 0.3) is 0 Å². The minimum atomic E-state index is -0.567. The molecule has 1 rings (SSSR count). The van der Waals surface area contributed by atoms with Gasteiger partial charge in [-0.05, 0) is 24.3 Å². The lowest BCUT2D eigenvalue weighted by Gasteiger charge is -2.00. The molecule has 0 heterocycles. The van der Waals surface area contributed by atoms with E-state index in [1.165, 1.54) is 6.92 Å². The van der Waals surface area contributed by atoms with E-state index in [2.05, 4.69) is 25.7 Å². The number of hydrogen-bond donors (Lipinski definition) is 2. The number of oxime groups is 2. The van der Waals surface area contributed by atoms with Gasteiger partial charge < -0.3 is 10.0 Å². The fourth-order valence-corrected chi connectivity index (χ4v) is 1.08. The molecule has 0 spiro atoms. The molecule has 0 amide bonds. The fourth-order valence-electron chi connectivity index (χ4n) is 0.958. The SMILES string of the molecule is CC(=O)O/N=C/C(/C=N/O)=N/Nc1ccc(Cl)cc1. The molecule has 0 fully saturated rings. The molecule has 0 saturated heterocycles. The highest BCUT2D eigenvalue weighted by Gasteiger charge is 1.95. The van der Waals surface area contributed by atoms with Gasteiger partial charge >= 0.3 is 5.97 Å². The van der Waals surface area contributed by atoms with Gasteiger partial charge in [-0.15, -0.1) is 0 Å². The Morgan fingerprint density at radius 2 is 2.05 bits per heavy atom. The smallest absolute Gasteiger partial charge is 0.331 e. The maximum atomic E-state index is 10.5. The first-order chi connectivity index (χ1) is 9.11. The number of hydrogen-bond acceptors (Lipinski definition) is 7. The number of halogens is 1. The molecule has 0 unspecified atom stereocenters. The van der Waals surface area contributed by atoms with Crippen molar-refractivity contribution >= 4 is 41.4 Å². The zero-order valence-electron chi connectivity index (χ0n) is 9.95. The van der Waals surface area contributed by atoms with E-state index in [1.807, 2.05) is 0 Å². The van der Waals surface area contributed by atoms with Gasteiger partial charge in [-0.1, -0.05) is 21.9 Å². The van der Waals surface area contributed by atoms with Crippen LogP contribution in [0.2, 0.25) is 5.02 Å². The Morgan fingerprint density at radius 3 is 2.63 bits per heavy atom. The van der Waals surface area contributed by atoms with Crippen LogP contribution in [-0.4, -0.2) is 29.3 Å². The lowest BCUT2D eigenvalue weighted by molar-refractivity contribution is -0.140. The highest BCUT2D eigenvalue weighted by atomic mass is 35.5. The lowest BCUT2D eigenvalue weighted by atomic mass is 10.3. The minimum Gasteiger partial charge on any atom is -0.411 e. The molecule has 0 aromatic heterocycles. The molecule has 0 saturated carbocycles. The number of benzene rings is 1. The summed E-state index contributed by atoms with van der Waals surface area (Å²) in [6, 6.07) is 6.80. The van der Waals surface area contributed by atoms with Gasteiger partial charge in [0.05, 0.1) is 18.1 Å².